The van der Waals surface area contributed by atoms with Gasteiger partial charge in [0.2, 0.25) is 5.13 Å². The Hall–Kier alpha value is -1.71. The molecule has 114 valence electrons. The Morgan fingerprint density at radius 2 is 2.14 bits per heavy atom. The third-order valence-electron chi connectivity index (χ3n) is 2.72. The van der Waals surface area contributed by atoms with Gasteiger partial charge in [-0.2, -0.15) is 0 Å². The van der Waals surface area contributed by atoms with Crippen molar-refractivity contribution in [1.82, 2.24) is 10.2 Å². The van der Waals surface area contributed by atoms with Crippen molar-refractivity contribution in [2.24, 2.45) is 5.73 Å². The Morgan fingerprint density at radius 1 is 1.38 bits per heavy atom. The molecule has 0 aliphatic rings. The standard InChI is InChI=1S/C12H16N4O3S2/c1-8-14-15-12(20-8)16-21(17,18)11-4-3-10(19-2)7-9(11)5-6-13/h3-4,7H,5-6,13H2,1-2H3,(H,15,16). The molecule has 0 fully saturated rings. The molecule has 0 amide bonds. The van der Waals surface area contributed by atoms with Crippen LogP contribution in [0, 0.1) is 6.92 Å². The van der Waals surface area contributed by atoms with Gasteiger partial charge in [-0.15, -0.1) is 10.2 Å². The molecule has 1 aromatic heterocycles. The highest BCUT2D eigenvalue weighted by Crippen LogP contribution is 2.25. The molecule has 0 aliphatic carbocycles. The molecule has 1 aromatic carbocycles. The number of benzene rings is 1. The number of aromatic nitrogens is 2. The van der Waals surface area contributed by atoms with Gasteiger partial charge in [-0.3, -0.25) is 4.72 Å². The van der Waals surface area contributed by atoms with E-state index < -0.39 is 10.0 Å². The summed E-state index contributed by atoms with van der Waals surface area (Å²) in [5.41, 5.74) is 6.15. The number of methoxy groups -OCH3 is 1. The van der Waals surface area contributed by atoms with E-state index in [9.17, 15) is 8.42 Å². The van der Waals surface area contributed by atoms with Gasteiger partial charge in [0.15, 0.2) is 0 Å². The second-order valence-corrected chi connectivity index (χ2v) is 7.08. The number of nitrogens with one attached hydrogen (secondary N) is 1. The van der Waals surface area contributed by atoms with E-state index in [0.29, 0.717) is 29.3 Å². The highest BCUT2D eigenvalue weighted by atomic mass is 32.2. The van der Waals surface area contributed by atoms with Gasteiger partial charge in [0.1, 0.15) is 10.8 Å². The molecule has 0 saturated heterocycles. The molecule has 7 nitrogen and oxygen atoms in total. The van der Waals surface area contributed by atoms with E-state index in [-0.39, 0.29) is 10.0 Å². The van der Waals surface area contributed by atoms with Crippen molar-refractivity contribution >= 4 is 26.5 Å². The smallest absolute Gasteiger partial charge is 0.263 e. The summed E-state index contributed by atoms with van der Waals surface area (Å²) in [4.78, 5) is 0.168. The summed E-state index contributed by atoms with van der Waals surface area (Å²) >= 11 is 1.17. The highest BCUT2D eigenvalue weighted by Gasteiger charge is 2.20. The maximum absolute atomic E-state index is 12.5. The van der Waals surface area contributed by atoms with Crippen LogP contribution in [-0.4, -0.2) is 32.3 Å². The molecule has 0 bridgehead atoms. The number of aryl methyl sites for hydroxylation is 1. The Morgan fingerprint density at radius 3 is 2.71 bits per heavy atom. The van der Waals surface area contributed by atoms with Crippen molar-refractivity contribution in [3.8, 4) is 5.75 Å². The summed E-state index contributed by atoms with van der Waals surface area (Å²) in [5, 5.41) is 8.47. The minimum Gasteiger partial charge on any atom is -0.497 e. The van der Waals surface area contributed by atoms with Crippen molar-refractivity contribution in [3.05, 3.63) is 28.8 Å². The Labute approximate surface area is 127 Å². The lowest BCUT2D eigenvalue weighted by Gasteiger charge is -2.11. The van der Waals surface area contributed by atoms with Crippen molar-refractivity contribution < 1.29 is 13.2 Å². The summed E-state index contributed by atoms with van der Waals surface area (Å²) in [7, 11) is -2.21. The van der Waals surface area contributed by atoms with Crippen LogP contribution in [-0.2, 0) is 16.4 Å². The van der Waals surface area contributed by atoms with Crippen molar-refractivity contribution in [2.45, 2.75) is 18.2 Å². The average molecular weight is 328 g/mol. The first-order chi connectivity index (χ1) is 9.96. The molecule has 0 radical (unpaired) electrons. The zero-order valence-electron chi connectivity index (χ0n) is 11.7. The number of nitrogens with zero attached hydrogens (tertiary/aromatic N) is 2. The predicted molar refractivity (Wildman–Crippen MR) is 81.2 cm³/mol. The van der Waals surface area contributed by atoms with Crippen LogP contribution in [0.3, 0.4) is 0 Å². The van der Waals surface area contributed by atoms with Gasteiger partial charge in [-0.1, -0.05) is 11.3 Å². The lowest BCUT2D eigenvalue weighted by Crippen LogP contribution is -2.16. The SMILES string of the molecule is COc1ccc(S(=O)(=O)Nc2nnc(C)s2)c(CCN)c1. The van der Waals surface area contributed by atoms with E-state index in [4.69, 9.17) is 10.5 Å². The molecular formula is C12H16N4O3S2. The number of hydrogen-bond acceptors (Lipinski definition) is 7. The first-order valence-electron chi connectivity index (χ1n) is 6.16. The number of hydrogen-bond donors (Lipinski definition) is 2. The third kappa shape index (κ3) is 3.69. The summed E-state index contributed by atoms with van der Waals surface area (Å²) < 4.78 is 32.4. The van der Waals surface area contributed by atoms with Gasteiger partial charge in [0.05, 0.1) is 12.0 Å². The number of anilines is 1. The molecule has 0 spiro atoms. The van der Waals surface area contributed by atoms with Gasteiger partial charge in [-0.05, 0) is 43.7 Å². The van der Waals surface area contributed by atoms with Crippen LogP contribution in [0.4, 0.5) is 5.13 Å². The molecule has 0 aliphatic heterocycles. The topological polar surface area (TPSA) is 107 Å². The zero-order valence-corrected chi connectivity index (χ0v) is 13.3. The minimum atomic E-state index is -3.73. The second kappa shape index (κ2) is 6.37. The van der Waals surface area contributed by atoms with Crippen LogP contribution >= 0.6 is 11.3 Å². The summed E-state index contributed by atoms with van der Waals surface area (Å²) in [6.45, 7) is 2.09. The lowest BCUT2D eigenvalue weighted by atomic mass is 10.1. The van der Waals surface area contributed by atoms with Gasteiger partial charge in [0, 0.05) is 0 Å². The van der Waals surface area contributed by atoms with E-state index in [1.54, 1.807) is 19.1 Å². The van der Waals surface area contributed by atoms with Gasteiger partial charge in [0.25, 0.3) is 10.0 Å². The quantitative estimate of drug-likeness (QED) is 0.824. The van der Waals surface area contributed by atoms with Crippen LogP contribution in [0.1, 0.15) is 10.6 Å². The van der Waals surface area contributed by atoms with E-state index in [0.717, 1.165) is 0 Å². The Kier molecular flexibility index (Phi) is 4.76. The zero-order chi connectivity index (χ0) is 15.5. The maximum Gasteiger partial charge on any atom is 0.263 e. The molecule has 2 rings (SSSR count). The fourth-order valence-corrected chi connectivity index (χ4v) is 3.88. The predicted octanol–water partition coefficient (Wildman–Crippen LogP) is 1.16. The molecule has 3 N–H and O–H groups in total. The molecule has 0 unspecified atom stereocenters. The molecule has 0 saturated carbocycles. The molecular weight excluding hydrogens is 312 g/mol. The van der Waals surface area contributed by atoms with Crippen molar-refractivity contribution in [3.63, 3.8) is 0 Å². The fraction of sp³-hybridized carbons (Fsp3) is 0.333. The van der Waals surface area contributed by atoms with Crippen molar-refractivity contribution in [1.29, 1.82) is 0 Å². The number of ether oxygens (including phenoxy) is 1. The van der Waals surface area contributed by atoms with E-state index in [2.05, 4.69) is 14.9 Å². The number of nitrogens with two attached hydrogens (primary N) is 1. The minimum absolute atomic E-state index is 0.168. The number of sulfonamides is 1. The first kappa shape index (κ1) is 15.7. The highest BCUT2D eigenvalue weighted by molar-refractivity contribution is 7.93. The van der Waals surface area contributed by atoms with Crippen LogP contribution in [0.5, 0.6) is 5.75 Å². The largest absolute Gasteiger partial charge is 0.497 e. The van der Waals surface area contributed by atoms with Crippen LogP contribution in [0.2, 0.25) is 0 Å². The monoisotopic (exact) mass is 328 g/mol. The summed E-state index contributed by atoms with van der Waals surface area (Å²) in [5.74, 6) is 0.587. The lowest BCUT2D eigenvalue weighted by molar-refractivity contribution is 0.414. The molecule has 9 heteroatoms. The van der Waals surface area contributed by atoms with Gasteiger partial charge in [-0.25, -0.2) is 8.42 Å². The molecule has 0 atom stereocenters. The van der Waals surface area contributed by atoms with E-state index >= 15 is 0 Å². The summed E-state index contributed by atoms with van der Waals surface area (Å²) in [6, 6.07) is 4.77. The second-order valence-electron chi connectivity index (χ2n) is 4.24. The van der Waals surface area contributed by atoms with E-state index in [1.807, 2.05) is 0 Å². The van der Waals surface area contributed by atoms with Crippen molar-refractivity contribution in [2.75, 3.05) is 18.4 Å². The van der Waals surface area contributed by atoms with E-state index in [1.165, 1.54) is 24.5 Å². The van der Waals surface area contributed by atoms with Gasteiger partial charge < -0.3 is 10.5 Å². The first-order valence-corrected chi connectivity index (χ1v) is 8.46. The summed E-state index contributed by atoms with van der Waals surface area (Å²) in [6.07, 6.45) is 0.433. The Bertz CT molecular complexity index is 728. The average Bonchev–Trinajstić information content (AvgIpc) is 2.83. The third-order valence-corrected chi connectivity index (χ3v) is 5.04. The maximum atomic E-state index is 12.5. The number of rotatable bonds is 6. The molecule has 1 heterocycles. The Balaban J connectivity index is 2.38. The molecule has 21 heavy (non-hydrogen) atoms. The fourth-order valence-electron chi connectivity index (χ4n) is 1.80. The molecule has 2 aromatic rings. The normalized spacial score (nSPS) is 11.4. The van der Waals surface area contributed by atoms with Crippen LogP contribution in [0.15, 0.2) is 23.1 Å². The van der Waals surface area contributed by atoms with Crippen LogP contribution in [0.25, 0.3) is 0 Å². The van der Waals surface area contributed by atoms with Crippen LogP contribution < -0.4 is 15.2 Å². The van der Waals surface area contributed by atoms with Gasteiger partial charge >= 0.3 is 0 Å².